The first-order chi connectivity index (χ1) is 6.27. The predicted molar refractivity (Wildman–Crippen MR) is 45.1 cm³/mol. The van der Waals surface area contributed by atoms with Crippen molar-refractivity contribution in [1.82, 2.24) is 15.0 Å². The summed E-state index contributed by atoms with van der Waals surface area (Å²) in [7, 11) is 0. The Morgan fingerprint density at radius 1 is 1.77 bits per heavy atom. The molecule has 0 radical (unpaired) electrons. The van der Waals surface area contributed by atoms with Crippen LogP contribution in [0.2, 0.25) is 0 Å². The summed E-state index contributed by atoms with van der Waals surface area (Å²) in [6, 6.07) is 0.292. The van der Waals surface area contributed by atoms with Gasteiger partial charge in [0, 0.05) is 6.61 Å². The van der Waals surface area contributed by atoms with Crippen LogP contribution in [0.5, 0.6) is 0 Å². The zero-order valence-electron chi connectivity index (χ0n) is 7.55. The number of aromatic nitrogens is 3. The molecule has 72 valence electrons. The molecule has 1 aliphatic rings. The van der Waals surface area contributed by atoms with Crippen LogP contribution in [-0.4, -0.2) is 33.3 Å². The average molecular weight is 183 g/mol. The minimum Gasteiger partial charge on any atom is -0.387 e. The molecule has 0 bridgehead atoms. The van der Waals surface area contributed by atoms with E-state index in [1.807, 2.05) is 0 Å². The molecule has 13 heavy (non-hydrogen) atoms. The van der Waals surface area contributed by atoms with Crippen molar-refractivity contribution in [3.63, 3.8) is 0 Å². The first-order valence-electron chi connectivity index (χ1n) is 4.45. The van der Waals surface area contributed by atoms with E-state index in [-0.39, 0.29) is 0 Å². The topological polar surface area (TPSA) is 60.2 Å². The van der Waals surface area contributed by atoms with Crippen LogP contribution in [0, 0.1) is 0 Å². The number of hydrogen-bond donors (Lipinski definition) is 1. The van der Waals surface area contributed by atoms with E-state index in [0.717, 1.165) is 13.0 Å². The Morgan fingerprint density at radius 3 is 3.15 bits per heavy atom. The quantitative estimate of drug-likeness (QED) is 0.716. The molecule has 1 aromatic rings. The van der Waals surface area contributed by atoms with Gasteiger partial charge in [-0.1, -0.05) is 5.21 Å². The fourth-order valence-corrected chi connectivity index (χ4v) is 1.39. The fraction of sp³-hybridized carbons (Fsp3) is 0.750. The van der Waals surface area contributed by atoms with Crippen molar-refractivity contribution in [3.05, 3.63) is 11.9 Å². The Hall–Kier alpha value is -0.940. The molecule has 0 amide bonds. The zero-order valence-corrected chi connectivity index (χ0v) is 7.55. The van der Waals surface area contributed by atoms with Crippen molar-refractivity contribution in [2.75, 3.05) is 13.2 Å². The van der Waals surface area contributed by atoms with Gasteiger partial charge in [-0.2, -0.15) is 0 Å². The molecule has 0 aliphatic carbocycles. The van der Waals surface area contributed by atoms with Crippen LogP contribution in [0.3, 0.4) is 0 Å². The Morgan fingerprint density at radius 2 is 2.62 bits per heavy atom. The minimum absolute atomic E-state index is 0.292. The van der Waals surface area contributed by atoms with Gasteiger partial charge in [0.15, 0.2) is 0 Å². The second-order valence-electron chi connectivity index (χ2n) is 3.32. The largest absolute Gasteiger partial charge is 0.387 e. The minimum atomic E-state index is -0.545. The van der Waals surface area contributed by atoms with Crippen molar-refractivity contribution in [2.45, 2.75) is 25.5 Å². The Labute approximate surface area is 76.3 Å². The summed E-state index contributed by atoms with van der Waals surface area (Å²) in [5.41, 5.74) is 0.618. The second-order valence-corrected chi connectivity index (χ2v) is 3.32. The van der Waals surface area contributed by atoms with Gasteiger partial charge >= 0.3 is 0 Å². The first-order valence-corrected chi connectivity index (χ1v) is 4.45. The van der Waals surface area contributed by atoms with E-state index in [2.05, 4.69) is 10.3 Å². The van der Waals surface area contributed by atoms with Crippen molar-refractivity contribution in [2.24, 2.45) is 0 Å². The van der Waals surface area contributed by atoms with Gasteiger partial charge in [0.05, 0.1) is 24.9 Å². The summed E-state index contributed by atoms with van der Waals surface area (Å²) in [6.07, 6.45) is 2.21. The van der Waals surface area contributed by atoms with Gasteiger partial charge in [-0.3, -0.25) is 0 Å². The van der Waals surface area contributed by atoms with E-state index in [0.29, 0.717) is 18.3 Å². The molecule has 1 unspecified atom stereocenters. The maximum absolute atomic E-state index is 9.23. The fourth-order valence-electron chi connectivity index (χ4n) is 1.39. The number of aliphatic hydroxyl groups is 1. The van der Waals surface area contributed by atoms with Gasteiger partial charge in [0.25, 0.3) is 0 Å². The maximum atomic E-state index is 9.23. The molecular formula is C8H13N3O2. The van der Waals surface area contributed by atoms with E-state index in [1.54, 1.807) is 17.8 Å². The molecule has 1 saturated heterocycles. The van der Waals surface area contributed by atoms with Gasteiger partial charge in [-0.05, 0) is 13.3 Å². The normalized spacial score (nSPS) is 24.9. The lowest BCUT2D eigenvalue weighted by Gasteiger charge is -2.05. The van der Waals surface area contributed by atoms with E-state index < -0.39 is 6.10 Å². The molecule has 0 aromatic carbocycles. The van der Waals surface area contributed by atoms with Crippen molar-refractivity contribution >= 4 is 0 Å². The lowest BCUT2D eigenvalue weighted by atomic mass is 10.2. The number of aliphatic hydroxyl groups excluding tert-OH is 1. The molecular weight excluding hydrogens is 170 g/mol. The van der Waals surface area contributed by atoms with Crippen LogP contribution < -0.4 is 0 Å². The van der Waals surface area contributed by atoms with E-state index >= 15 is 0 Å². The number of rotatable bonds is 2. The highest BCUT2D eigenvalue weighted by Gasteiger charge is 2.19. The molecule has 0 saturated carbocycles. The molecule has 1 aliphatic heterocycles. The van der Waals surface area contributed by atoms with E-state index in [4.69, 9.17) is 4.74 Å². The van der Waals surface area contributed by atoms with Crippen LogP contribution >= 0.6 is 0 Å². The molecule has 1 aromatic heterocycles. The standard InChI is InChI=1S/C8H13N3O2/c1-6(12)8-4-11(10-9-8)7-2-3-13-5-7/h4,6-7,12H,2-3,5H2,1H3/t6-,7?/m1/s1. The van der Waals surface area contributed by atoms with E-state index in [1.165, 1.54) is 0 Å². The SMILES string of the molecule is C[C@@H](O)c1cn(C2CCOC2)nn1. The molecule has 0 spiro atoms. The summed E-state index contributed by atoms with van der Waals surface area (Å²) in [4.78, 5) is 0. The zero-order chi connectivity index (χ0) is 9.26. The molecule has 5 heteroatoms. The third kappa shape index (κ3) is 1.71. The Balaban J connectivity index is 2.12. The van der Waals surface area contributed by atoms with Crippen LogP contribution in [0.4, 0.5) is 0 Å². The molecule has 1 N–H and O–H groups in total. The van der Waals surface area contributed by atoms with Crippen LogP contribution in [0.1, 0.15) is 31.2 Å². The van der Waals surface area contributed by atoms with Crippen molar-refractivity contribution in [1.29, 1.82) is 0 Å². The molecule has 2 heterocycles. The lowest BCUT2D eigenvalue weighted by molar-refractivity contribution is 0.184. The van der Waals surface area contributed by atoms with E-state index in [9.17, 15) is 5.11 Å². The summed E-state index contributed by atoms with van der Waals surface area (Å²) in [5, 5.41) is 17.0. The Kier molecular flexibility index (Phi) is 2.28. The van der Waals surface area contributed by atoms with Gasteiger partial charge in [-0.25, -0.2) is 4.68 Å². The van der Waals surface area contributed by atoms with Crippen LogP contribution in [0.25, 0.3) is 0 Å². The van der Waals surface area contributed by atoms with Crippen molar-refractivity contribution in [3.8, 4) is 0 Å². The summed E-state index contributed by atoms with van der Waals surface area (Å²) in [6.45, 7) is 3.16. The van der Waals surface area contributed by atoms with Gasteiger partial charge < -0.3 is 9.84 Å². The highest BCUT2D eigenvalue weighted by atomic mass is 16.5. The smallest absolute Gasteiger partial charge is 0.111 e. The number of ether oxygens (including phenoxy) is 1. The van der Waals surface area contributed by atoms with Crippen LogP contribution in [-0.2, 0) is 4.74 Å². The number of hydrogen-bond acceptors (Lipinski definition) is 4. The van der Waals surface area contributed by atoms with Crippen molar-refractivity contribution < 1.29 is 9.84 Å². The highest BCUT2D eigenvalue weighted by molar-refractivity contribution is 4.96. The summed E-state index contributed by atoms with van der Waals surface area (Å²) < 4.78 is 7.00. The lowest BCUT2D eigenvalue weighted by Crippen LogP contribution is -2.09. The molecule has 2 rings (SSSR count). The first kappa shape index (κ1) is 8.65. The second kappa shape index (κ2) is 3.43. The third-order valence-electron chi connectivity index (χ3n) is 2.24. The summed E-state index contributed by atoms with van der Waals surface area (Å²) >= 11 is 0. The van der Waals surface area contributed by atoms with Gasteiger partial charge in [0.1, 0.15) is 5.69 Å². The van der Waals surface area contributed by atoms with Gasteiger partial charge in [-0.15, -0.1) is 5.10 Å². The highest BCUT2D eigenvalue weighted by Crippen LogP contribution is 2.18. The van der Waals surface area contributed by atoms with Gasteiger partial charge in [0.2, 0.25) is 0 Å². The van der Waals surface area contributed by atoms with Crippen LogP contribution in [0.15, 0.2) is 6.20 Å². The molecule has 5 nitrogen and oxygen atoms in total. The third-order valence-corrected chi connectivity index (χ3v) is 2.24. The average Bonchev–Trinajstić information content (AvgIpc) is 2.75. The molecule has 2 atom stereocenters. The maximum Gasteiger partial charge on any atom is 0.111 e. The predicted octanol–water partition coefficient (Wildman–Crippen LogP) is 0.293. The Bertz CT molecular complexity index is 279. The monoisotopic (exact) mass is 183 g/mol. The number of nitrogens with zero attached hydrogens (tertiary/aromatic N) is 3. The summed E-state index contributed by atoms with van der Waals surface area (Å²) in [5.74, 6) is 0. The molecule has 1 fully saturated rings.